The zero-order valence-electron chi connectivity index (χ0n) is 6.87. The molecule has 0 aromatic carbocycles. The van der Waals surface area contributed by atoms with E-state index in [-0.39, 0.29) is 0 Å². The molecule has 0 aliphatic heterocycles. The highest BCUT2D eigenvalue weighted by molar-refractivity contribution is 5.80. The van der Waals surface area contributed by atoms with E-state index in [4.69, 9.17) is 5.11 Å². The van der Waals surface area contributed by atoms with Crippen LogP contribution >= 0.6 is 0 Å². The van der Waals surface area contributed by atoms with Crippen LogP contribution in [0.15, 0.2) is 0 Å². The van der Waals surface area contributed by atoms with E-state index in [1.54, 1.807) is 0 Å². The van der Waals surface area contributed by atoms with Gasteiger partial charge in [-0.1, -0.05) is 0 Å². The third-order valence-corrected chi connectivity index (χ3v) is 2.34. The van der Waals surface area contributed by atoms with Crippen molar-refractivity contribution in [2.24, 2.45) is 5.41 Å². The summed E-state index contributed by atoms with van der Waals surface area (Å²) in [5.74, 6) is -5.35. The normalized spacial score (nSPS) is 30.1. The maximum absolute atomic E-state index is 12.5. The van der Waals surface area contributed by atoms with E-state index in [1.807, 2.05) is 0 Å². The Balaban J connectivity index is 2.62. The average molecular weight is 218 g/mol. The van der Waals surface area contributed by atoms with Gasteiger partial charge in [-0.25, -0.2) is 8.78 Å². The minimum atomic E-state index is -4.60. The Labute approximate surface area is 75.7 Å². The molecule has 1 N–H and O–H groups in total. The van der Waals surface area contributed by atoms with Gasteiger partial charge >= 0.3 is 12.1 Å². The number of carbonyl (C=O) groups is 1. The molecule has 1 unspecified atom stereocenters. The van der Waals surface area contributed by atoms with Crippen molar-refractivity contribution in [3.8, 4) is 0 Å². The Kier molecular flexibility index (Phi) is 2.24. The maximum atomic E-state index is 12.5. The van der Waals surface area contributed by atoms with Crippen molar-refractivity contribution < 1.29 is 31.9 Å². The van der Waals surface area contributed by atoms with Crippen molar-refractivity contribution in [3.05, 3.63) is 0 Å². The molecule has 1 aliphatic carbocycles. The van der Waals surface area contributed by atoms with Crippen LogP contribution in [0.25, 0.3) is 0 Å². The van der Waals surface area contributed by atoms with Gasteiger partial charge in [0.25, 0.3) is 5.92 Å². The molecule has 0 saturated heterocycles. The van der Waals surface area contributed by atoms with E-state index in [1.165, 1.54) is 0 Å². The Morgan fingerprint density at radius 3 is 2.00 bits per heavy atom. The lowest BCUT2D eigenvalue weighted by Gasteiger charge is -2.12. The number of carboxylic acid groups (broad SMARTS) is 1. The van der Waals surface area contributed by atoms with Gasteiger partial charge in [-0.05, 0) is 6.42 Å². The van der Waals surface area contributed by atoms with Gasteiger partial charge in [0.05, 0.1) is 0 Å². The van der Waals surface area contributed by atoms with Gasteiger partial charge in [0, 0.05) is 12.8 Å². The fourth-order valence-electron chi connectivity index (χ4n) is 1.30. The van der Waals surface area contributed by atoms with Crippen LogP contribution in [0.5, 0.6) is 0 Å². The van der Waals surface area contributed by atoms with Crippen LogP contribution in [0.4, 0.5) is 22.0 Å². The highest BCUT2D eigenvalue weighted by Gasteiger charge is 2.76. The van der Waals surface area contributed by atoms with Gasteiger partial charge in [-0.3, -0.25) is 4.79 Å². The molecule has 0 aromatic heterocycles. The van der Waals surface area contributed by atoms with Crippen LogP contribution in [-0.4, -0.2) is 23.2 Å². The smallest absolute Gasteiger partial charge is 0.389 e. The van der Waals surface area contributed by atoms with E-state index in [0.29, 0.717) is 0 Å². The van der Waals surface area contributed by atoms with Crippen molar-refractivity contribution in [1.29, 1.82) is 0 Å². The van der Waals surface area contributed by atoms with E-state index in [9.17, 15) is 26.7 Å². The fourth-order valence-corrected chi connectivity index (χ4v) is 1.30. The highest BCUT2D eigenvalue weighted by atomic mass is 19.4. The number of hydrogen-bond donors (Lipinski definition) is 1. The van der Waals surface area contributed by atoms with Crippen LogP contribution in [0.2, 0.25) is 0 Å². The molecule has 2 nitrogen and oxygen atoms in total. The molecule has 1 fully saturated rings. The quantitative estimate of drug-likeness (QED) is 0.738. The first-order valence-electron chi connectivity index (χ1n) is 3.79. The molecule has 0 spiro atoms. The predicted octanol–water partition coefficient (Wildman–Crippen LogP) is 2.44. The van der Waals surface area contributed by atoms with E-state index >= 15 is 0 Å². The van der Waals surface area contributed by atoms with Gasteiger partial charge in [-0.15, -0.1) is 0 Å². The van der Waals surface area contributed by atoms with E-state index in [0.717, 1.165) is 0 Å². The topological polar surface area (TPSA) is 37.3 Å². The molecule has 7 heteroatoms. The van der Waals surface area contributed by atoms with E-state index in [2.05, 4.69) is 0 Å². The van der Waals surface area contributed by atoms with Crippen molar-refractivity contribution in [2.45, 2.75) is 31.4 Å². The molecule has 14 heavy (non-hydrogen) atoms. The number of aliphatic carboxylic acids is 1. The first-order valence-corrected chi connectivity index (χ1v) is 3.79. The van der Waals surface area contributed by atoms with Crippen LogP contribution in [0.1, 0.15) is 19.3 Å². The lowest BCUT2D eigenvalue weighted by Crippen LogP contribution is -2.24. The first kappa shape index (κ1) is 11.2. The lowest BCUT2D eigenvalue weighted by atomic mass is 9.99. The average Bonchev–Trinajstić information content (AvgIpc) is 2.49. The number of alkyl halides is 5. The molecule has 0 bridgehead atoms. The Morgan fingerprint density at radius 2 is 1.79 bits per heavy atom. The number of halogens is 5. The molecular formula is C7H7F5O2. The second-order valence-corrected chi connectivity index (χ2v) is 3.38. The maximum Gasteiger partial charge on any atom is 0.389 e. The molecule has 82 valence electrons. The standard InChI is InChI=1S/C7H7F5O2/c8-6(9)3-5(6,4(13)14)1-2-7(10,11)12/h1-3H2,(H,13,14). The van der Waals surface area contributed by atoms with Crippen molar-refractivity contribution >= 4 is 5.97 Å². The summed E-state index contributed by atoms with van der Waals surface area (Å²) in [7, 11) is 0. The van der Waals surface area contributed by atoms with Crippen LogP contribution in [0, 0.1) is 5.41 Å². The molecule has 0 radical (unpaired) electrons. The monoisotopic (exact) mass is 218 g/mol. The molecule has 1 rings (SSSR count). The van der Waals surface area contributed by atoms with Crippen LogP contribution in [0.3, 0.4) is 0 Å². The molecule has 0 heterocycles. The minimum Gasteiger partial charge on any atom is -0.481 e. The van der Waals surface area contributed by atoms with Crippen molar-refractivity contribution in [3.63, 3.8) is 0 Å². The van der Waals surface area contributed by atoms with Crippen LogP contribution < -0.4 is 0 Å². The fraction of sp³-hybridized carbons (Fsp3) is 0.857. The molecule has 0 aromatic rings. The second-order valence-electron chi connectivity index (χ2n) is 3.38. The zero-order chi connectivity index (χ0) is 11.2. The molecular weight excluding hydrogens is 211 g/mol. The summed E-state index contributed by atoms with van der Waals surface area (Å²) in [6.07, 6.45) is -8.14. The number of carboxylic acids is 1. The minimum absolute atomic E-state index is 0.995. The van der Waals surface area contributed by atoms with E-state index < -0.39 is 42.7 Å². The first-order chi connectivity index (χ1) is 6.11. The Bertz CT molecular complexity index is 259. The van der Waals surface area contributed by atoms with Gasteiger partial charge < -0.3 is 5.11 Å². The summed E-state index contributed by atoms with van der Waals surface area (Å²) in [4.78, 5) is 10.4. The zero-order valence-corrected chi connectivity index (χ0v) is 6.87. The second kappa shape index (κ2) is 2.80. The number of rotatable bonds is 3. The van der Waals surface area contributed by atoms with Crippen LogP contribution in [-0.2, 0) is 4.79 Å². The predicted molar refractivity (Wildman–Crippen MR) is 34.9 cm³/mol. The largest absolute Gasteiger partial charge is 0.481 e. The van der Waals surface area contributed by atoms with Gasteiger partial charge in [-0.2, -0.15) is 13.2 Å². The van der Waals surface area contributed by atoms with Crippen molar-refractivity contribution in [1.82, 2.24) is 0 Å². The molecule has 1 aliphatic rings. The summed E-state index contributed by atoms with van der Waals surface area (Å²) >= 11 is 0. The number of hydrogen-bond acceptors (Lipinski definition) is 1. The molecule has 0 amide bonds. The Hall–Kier alpha value is -0.880. The van der Waals surface area contributed by atoms with Gasteiger partial charge in [0.15, 0.2) is 0 Å². The summed E-state index contributed by atoms with van der Waals surface area (Å²) < 4.78 is 60.1. The van der Waals surface area contributed by atoms with Gasteiger partial charge in [0.2, 0.25) is 0 Å². The SMILES string of the molecule is O=C(O)C1(CCC(F)(F)F)CC1(F)F. The summed E-state index contributed by atoms with van der Waals surface area (Å²) in [5.41, 5.74) is -2.48. The highest BCUT2D eigenvalue weighted by Crippen LogP contribution is 2.63. The van der Waals surface area contributed by atoms with Gasteiger partial charge in [0.1, 0.15) is 5.41 Å². The third-order valence-electron chi connectivity index (χ3n) is 2.34. The summed E-state index contributed by atoms with van der Waals surface area (Å²) in [5, 5.41) is 8.39. The Morgan fingerprint density at radius 1 is 1.36 bits per heavy atom. The van der Waals surface area contributed by atoms with Crippen molar-refractivity contribution in [2.75, 3.05) is 0 Å². The molecule has 1 saturated carbocycles. The lowest BCUT2D eigenvalue weighted by molar-refractivity contribution is -0.156. The molecule has 1 atom stereocenters. The third kappa shape index (κ3) is 1.80. The summed E-state index contributed by atoms with van der Waals surface area (Å²) in [6, 6.07) is 0. The summed E-state index contributed by atoms with van der Waals surface area (Å²) in [6.45, 7) is 0.